The highest BCUT2D eigenvalue weighted by Crippen LogP contribution is 2.45. The average molecular weight is 329 g/mol. The van der Waals surface area contributed by atoms with Gasteiger partial charge in [-0.2, -0.15) is 0 Å². The molecule has 0 spiro atoms. The molecule has 0 fully saturated rings. The Kier molecular flexibility index (Phi) is 3.62. The van der Waals surface area contributed by atoms with Gasteiger partial charge < -0.3 is 9.47 Å². The van der Waals surface area contributed by atoms with Gasteiger partial charge in [-0.25, -0.2) is 0 Å². The molecule has 0 bridgehead atoms. The molecule has 0 N–H and O–H groups in total. The Labute approximate surface area is 139 Å². The second kappa shape index (κ2) is 5.65. The predicted octanol–water partition coefficient (Wildman–Crippen LogP) is 3.23. The van der Waals surface area contributed by atoms with Crippen LogP contribution in [0.1, 0.15) is 37.3 Å². The Balaban J connectivity index is 1.80. The minimum absolute atomic E-state index is 0.331. The van der Waals surface area contributed by atoms with E-state index in [9.17, 15) is 4.79 Å². The van der Waals surface area contributed by atoms with Crippen LogP contribution in [0.25, 0.3) is 0 Å². The van der Waals surface area contributed by atoms with Crippen molar-refractivity contribution in [1.82, 2.24) is 4.90 Å². The fraction of sp³-hybridized carbons (Fsp3) is 0.389. The molecular weight excluding hydrogens is 310 g/mol. The molecular formula is C18H19NO3S. The largest absolute Gasteiger partial charge is 0.496 e. The van der Waals surface area contributed by atoms with Crippen molar-refractivity contribution >= 4 is 17.6 Å². The Bertz CT molecular complexity index is 768. The molecule has 1 aromatic carbocycles. The molecule has 4 rings (SSSR count). The quantitative estimate of drug-likeness (QED) is 0.811. The summed E-state index contributed by atoms with van der Waals surface area (Å²) >= 11 is 1.64. The third-order valence-corrected chi connectivity index (χ3v) is 6.08. The van der Waals surface area contributed by atoms with Crippen LogP contribution in [-0.2, 0) is 19.4 Å². The Hall–Kier alpha value is -1.85. The highest BCUT2D eigenvalue weighted by molar-refractivity contribution is 7.13. The summed E-state index contributed by atoms with van der Waals surface area (Å²) in [6.45, 7) is 1.89. The molecule has 3 heterocycles. The zero-order valence-corrected chi connectivity index (χ0v) is 14.1. The van der Waals surface area contributed by atoms with E-state index in [1.54, 1.807) is 25.6 Å². The van der Waals surface area contributed by atoms with E-state index in [2.05, 4.69) is 11.0 Å². The van der Waals surface area contributed by atoms with Crippen LogP contribution in [0.2, 0.25) is 0 Å². The molecule has 2 aliphatic rings. The van der Waals surface area contributed by atoms with E-state index in [1.807, 2.05) is 12.1 Å². The van der Waals surface area contributed by atoms with E-state index >= 15 is 0 Å². The van der Waals surface area contributed by atoms with Crippen molar-refractivity contribution in [1.29, 1.82) is 0 Å². The SMILES string of the molecule is COc1ccc(OC)c2c1CC1c3cc(C=O)sc3CCN1C2. The number of hydrogen-bond acceptors (Lipinski definition) is 5. The van der Waals surface area contributed by atoms with Gasteiger partial charge in [0.1, 0.15) is 11.5 Å². The standard InChI is InChI=1S/C18H19NO3S/c1-21-16-3-4-17(22-2)14-9-19-6-5-18-13(7-11(10-20)23-18)15(19)8-12(14)16/h3-4,7,10,15H,5-6,8-9H2,1-2H3. The van der Waals surface area contributed by atoms with Crippen molar-refractivity contribution in [3.8, 4) is 11.5 Å². The van der Waals surface area contributed by atoms with Crippen LogP contribution in [0.15, 0.2) is 18.2 Å². The van der Waals surface area contributed by atoms with Crippen molar-refractivity contribution in [2.75, 3.05) is 20.8 Å². The van der Waals surface area contributed by atoms with E-state index < -0.39 is 0 Å². The van der Waals surface area contributed by atoms with E-state index in [-0.39, 0.29) is 0 Å². The maximum atomic E-state index is 11.1. The third-order valence-electron chi connectivity index (χ3n) is 4.95. The fourth-order valence-electron chi connectivity index (χ4n) is 3.85. The minimum Gasteiger partial charge on any atom is -0.496 e. The third kappa shape index (κ3) is 2.26. The molecule has 1 aromatic heterocycles. The van der Waals surface area contributed by atoms with Crippen molar-refractivity contribution in [3.63, 3.8) is 0 Å². The van der Waals surface area contributed by atoms with Gasteiger partial charge in [-0.1, -0.05) is 0 Å². The Morgan fingerprint density at radius 3 is 2.65 bits per heavy atom. The molecule has 4 nitrogen and oxygen atoms in total. The molecule has 0 saturated heterocycles. The Morgan fingerprint density at radius 1 is 1.22 bits per heavy atom. The summed E-state index contributed by atoms with van der Waals surface area (Å²) in [4.78, 5) is 15.8. The van der Waals surface area contributed by atoms with Crippen LogP contribution in [0.4, 0.5) is 0 Å². The zero-order chi connectivity index (χ0) is 16.0. The Morgan fingerprint density at radius 2 is 1.96 bits per heavy atom. The lowest BCUT2D eigenvalue weighted by molar-refractivity contribution is 0.112. The fourth-order valence-corrected chi connectivity index (χ4v) is 4.88. The van der Waals surface area contributed by atoms with Crippen LogP contribution in [0.5, 0.6) is 11.5 Å². The summed E-state index contributed by atoms with van der Waals surface area (Å²) in [5.74, 6) is 1.86. The molecule has 0 radical (unpaired) electrons. The van der Waals surface area contributed by atoms with Crippen LogP contribution >= 0.6 is 11.3 Å². The molecule has 23 heavy (non-hydrogen) atoms. The zero-order valence-electron chi connectivity index (χ0n) is 13.3. The van der Waals surface area contributed by atoms with E-state index in [4.69, 9.17) is 9.47 Å². The van der Waals surface area contributed by atoms with Gasteiger partial charge in [0.25, 0.3) is 0 Å². The first-order valence-electron chi connectivity index (χ1n) is 7.79. The number of carbonyl (C=O) groups excluding carboxylic acids is 1. The van der Waals surface area contributed by atoms with Crippen molar-refractivity contribution in [3.05, 3.63) is 44.6 Å². The molecule has 0 amide bonds. The van der Waals surface area contributed by atoms with Crippen molar-refractivity contribution in [2.45, 2.75) is 25.4 Å². The lowest BCUT2D eigenvalue weighted by Crippen LogP contribution is -2.39. The number of nitrogens with zero attached hydrogens (tertiary/aromatic N) is 1. The van der Waals surface area contributed by atoms with Gasteiger partial charge in [-0.3, -0.25) is 9.69 Å². The minimum atomic E-state index is 0.331. The second-order valence-corrected chi connectivity index (χ2v) is 7.18. The molecule has 5 heteroatoms. The summed E-state index contributed by atoms with van der Waals surface area (Å²) in [6.07, 6.45) is 2.89. The number of rotatable bonds is 3. The number of methoxy groups -OCH3 is 2. The van der Waals surface area contributed by atoms with Gasteiger partial charge in [-0.05, 0) is 36.6 Å². The van der Waals surface area contributed by atoms with Gasteiger partial charge in [0, 0.05) is 35.1 Å². The number of aldehydes is 1. The predicted molar refractivity (Wildman–Crippen MR) is 89.8 cm³/mol. The highest BCUT2D eigenvalue weighted by atomic mass is 32.1. The molecule has 0 aliphatic carbocycles. The van der Waals surface area contributed by atoms with Crippen molar-refractivity contribution < 1.29 is 14.3 Å². The maximum Gasteiger partial charge on any atom is 0.160 e. The molecule has 1 atom stereocenters. The summed E-state index contributed by atoms with van der Waals surface area (Å²) in [5, 5.41) is 0. The van der Waals surface area contributed by atoms with Crippen molar-refractivity contribution in [2.24, 2.45) is 0 Å². The molecule has 120 valence electrons. The normalized spacial score (nSPS) is 19.5. The molecule has 2 aliphatic heterocycles. The number of benzene rings is 1. The van der Waals surface area contributed by atoms with Gasteiger partial charge in [0.05, 0.1) is 19.1 Å². The summed E-state index contributed by atoms with van der Waals surface area (Å²) in [5.41, 5.74) is 3.79. The topological polar surface area (TPSA) is 38.8 Å². The number of hydrogen-bond donors (Lipinski definition) is 0. The number of fused-ring (bicyclic) bond motifs is 4. The molecule has 2 aromatic rings. The second-order valence-electron chi connectivity index (χ2n) is 6.01. The monoisotopic (exact) mass is 329 g/mol. The van der Waals surface area contributed by atoms with Crippen LogP contribution in [0.3, 0.4) is 0 Å². The van der Waals surface area contributed by atoms with E-state index in [0.29, 0.717) is 6.04 Å². The lowest BCUT2D eigenvalue weighted by atomic mass is 9.86. The van der Waals surface area contributed by atoms with Gasteiger partial charge in [0.2, 0.25) is 0 Å². The summed E-state index contributed by atoms with van der Waals surface area (Å²) < 4.78 is 11.1. The number of carbonyl (C=O) groups is 1. The summed E-state index contributed by atoms with van der Waals surface area (Å²) in [6, 6.07) is 6.38. The average Bonchev–Trinajstić information content (AvgIpc) is 3.03. The van der Waals surface area contributed by atoms with E-state index in [0.717, 1.165) is 48.6 Å². The number of thiophene rings is 1. The summed E-state index contributed by atoms with van der Waals surface area (Å²) in [7, 11) is 3.44. The van der Waals surface area contributed by atoms with Gasteiger partial charge >= 0.3 is 0 Å². The smallest absolute Gasteiger partial charge is 0.160 e. The molecule has 0 saturated carbocycles. The highest BCUT2D eigenvalue weighted by Gasteiger charge is 2.35. The van der Waals surface area contributed by atoms with Crippen LogP contribution in [0, 0.1) is 0 Å². The van der Waals surface area contributed by atoms with Crippen LogP contribution < -0.4 is 9.47 Å². The first-order valence-corrected chi connectivity index (χ1v) is 8.61. The maximum absolute atomic E-state index is 11.1. The number of ether oxygens (including phenoxy) is 2. The first-order chi connectivity index (χ1) is 11.2. The van der Waals surface area contributed by atoms with Gasteiger partial charge in [0.15, 0.2) is 6.29 Å². The van der Waals surface area contributed by atoms with Gasteiger partial charge in [-0.15, -0.1) is 11.3 Å². The van der Waals surface area contributed by atoms with Crippen LogP contribution in [-0.4, -0.2) is 32.0 Å². The first kappa shape index (κ1) is 14.7. The van der Waals surface area contributed by atoms with E-state index in [1.165, 1.54) is 21.6 Å². The lowest BCUT2D eigenvalue weighted by Gasteiger charge is -2.41. The molecule has 1 unspecified atom stereocenters.